The highest BCUT2D eigenvalue weighted by atomic mass is 16.1. The van der Waals surface area contributed by atoms with E-state index in [-0.39, 0.29) is 5.91 Å². The smallest absolute Gasteiger partial charge is 0.272 e. The molecule has 1 aliphatic rings. The van der Waals surface area contributed by atoms with Crippen LogP contribution in [0.2, 0.25) is 0 Å². The fourth-order valence-electron chi connectivity index (χ4n) is 2.29. The molecule has 0 unspecified atom stereocenters. The van der Waals surface area contributed by atoms with Crippen LogP contribution in [-0.2, 0) is 6.54 Å². The molecule has 3 N–H and O–H groups in total. The van der Waals surface area contributed by atoms with Gasteiger partial charge in [0.15, 0.2) is 0 Å². The Balaban J connectivity index is 1.59. The highest BCUT2D eigenvalue weighted by Gasteiger charge is 2.17. The molecule has 0 aliphatic carbocycles. The zero-order chi connectivity index (χ0) is 13.8. The molecule has 0 saturated carbocycles. The normalized spacial score (nSPS) is 18.9. The number of hydrogen-bond donors (Lipinski definition) is 3. The van der Waals surface area contributed by atoms with Crippen molar-refractivity contribution >= 4 is 5.91 Å². The predicted octanol–water partition coefficient (Wildman–Crippen LogP) is -0.144. The molecular weight excluding hydrogens is 258 g/mol. The summed E-state index contributed by atoms with van der Waals surface area (Å²) >= 11 is 0. The molecule has 2 aromatic rings. The minimum atomic E-state index is -0.205. The van der Waals surface area contributed by atoms with E-state index in [1.807, 2.05) is 10.9 Å². The van der Waals surface area contributed by atoms with E-state index in [4.69, 9.17) is 0 Å². The van der Waals surface area contributed by atoms with Crippen molar-refractivity contribution in [3.05, 3.63) is 30.1 Å². The summed E-state index contributed by atoms with van der Waals surface area (Å²) in [5, 5.41) is 16.9. The van der Waals surface area contributed by atoms with Gasteiger partial charge in [-0.25, -0.2) is 4.98 Å². The highest BCUT2D eigenvalue weighted by molar-refractivity contribution is 5.92. The third kappa shape index (κ3) is 2.85. The third-order valence-electron chi connectivity index (χ3n) is 3.37. The molecule has 1 aliphatic heterocycles. The van der Waals surface area contributed by atoms with Gasteiger partial charge in [-0.05, 0) is 25.5 Å². The Bertz CT molecular complexity index is 556. The Labute approximate surface area is 116 Å². The topological polar surface area (TPSA) is 101 Å². The molecule has 2 aromatic heterocycles. The SMILES string of the molecule is O=C(NCc1ncn[nH]1)c1ccn([C@H]2CCCNC2)n1. The maximum Gasteiger partial charge on any atom is 0.272 e. The quantitative estimate of drug-likeness (QED) is 0.721. The average Bonchev–Trinajstić information content (AvgIpc) is 3.17. The van der Waals surface area contributed by atoms with E-state index in [1.165, 1.54) is 6.33 Å². The first kappa shape index (κ1) is 12.8. The molecule has 1 amide bonds. The second kappa shape index (κ2) is 5.83. The maximum atomic E-state index is 12.0. The fourth-order valence-corrected chi connectivity index (χ4v) is 2.29. The first-order chi connectivity index (χ1) is 9.83. The van der Waals surface area contributed by atoms with Crippen molar-refractivity contribution in [3.8, 4) is 0 Å². The van der Waals surface area contributed by atoms with Crippen LogP contribution in [0.15, 0.2) is 18.6 Å². The Morgan fingerprint density at radius 3 is 3.25 bits per heavy atom. The number of aromatic nitrogens is 5. The van der Waals surface area contributed by atoms with Crippen molar-refractivity contribution in [1.82, 2.24) is 35.6 Å². The minimum absolute atomic E-state index is 0.205. The number of H-pyrrole nitrogens is 1. The lowest BCUT2D eigenvalue weighted by Gasteiger charge is -2.22. The number of carbonyl (C=O) groups is 1. The molecule has 0 aromatic carbocycles. The van der Waals surface area contributed by atoms with E-state index >= 15 is 0 Å². The summed E-state index contributed by atoms with van der Waals surface area (Å²) in [6.45, 7) is 2.28. The minimum Gasteiger partial charge on any atom is -0.343 e. The van der Waals surface area contributed by atoms with Gasteiger partial charge in [0, 0.05) is 12.7 Å². The monoisotopic (exact) mass is 275 g/mol. The Kier molecular flexibility index (Phi) is 3.73. The molecule has 1 fully saturated rings. The first-order valence-corrected chi connectivity index (χ1v) is 6.71. The first-order valence-electron chi connectivity index (χ1n) is 6.71. The van der Waals surface area contributed by atoms with Crippen LogP contribution in [0.1, 0.15) is 35.2 Å². The van der Waals surface area contributed by atoms with E-state index in [0.29, 0.717) is 24.1 Å². The molecule has 20 heavy (non-hydrogen) atoms. The number of aromatic amines is 1. The van der Waals surface area contributed by atoms with Crippen LogP contribution in [0.5, 0.6) is 0 Å². The van der Waals surface area contributed by atoms with Crippen molar-refractivity contribution in [2.24, 2.45) is 0 Å². The van der Waals surface area contributed by atoms with Crippen molar-refractivity contribution < 1.29 is 4.79 Å². The van der Waals surface area contributed by atoms with Crippen LogP contribution < -0.4 is 10.6 Å². The summed E-state index contributed by atoms with van der Waals surface area (Å²) in [5.41, 5.74) is 0.426. The number of piperidine rings is 1. The lowest BCUT2D eigenvalue weighted by atomic mass is 10.1. The van der Waals surface area contributed by atoms with Gasteiger partial charge in [0.1, 0.15) is 17.8 Å². The molecule has 0 bridgehead atoms. The standard InChI is InChI=1S/C12H17N7O/c20-12(14-7-11-15-8-16-17-11)10-3-5-19(18-10)9-2-1-4-13-6-9/h3,5,8-9,13H,1-2,4,6-7H2,(H,14,20)(H,15,16,17)/t9-/m0/s1. The highest BCUT2D eigenvalue weighted by Crippen LogP contribution is 2.15. The van der Waals surface area contributed by atoms with Crippen molar-refractivity contribution in [3.63, 3.8) is 0 Å². The van der Waals surface area contributed by atoms with Crippen LogP contribution >= 0.6 is 0 Å². The zero-order valence-electron chi connectivity index (χ0n) is 11.0. The number of carbonyl (C=O) groups excluding carboxylic acids is 1. The van der Waals surface area contributed by atoms with E-state index in [2.05, 4.69) is 30.9 Å². The van der Waals surface area contributed by atoms with Gasteiger partial charge >= 0.3 is 0 Å². The van der Waals surface area contributed by atoms with Crippen molar-refractivity contribution in [1.29, 1.82) is 0 Å². The molecule has 0 spiro atoms. The molecule has 1 atom stereocenters. The van der Waals surface area contributed by atoms with Gasteiger partial charge in [0.2, 0.25) is 0 Å². The van der Waals surface area contributed by atoms with E-state index in [9.17, 15) is 4.79 Å². The largest absolute Gasteiger partial charge is 0.343 e. The fraction of sp³-hybridized carbons (Fsp3) is 0.500. The number of amides is 1. The second-order valence-corrected chi connectivity index (χ2v) is 4.80. The summed E-state index contributed by atoms with van der Waals surface area (Å²) in [6, 6.07) is 2.07. The number of nitrogens with one attached hydrogen (secondary N) is 3. The van der Waals surface area contributed by atoms with E-state index < -0.39 is 0 Å². The Morgan fingerprint density at radius 1 is 1.55 bits per heavy atom. The van der Waals surface area contributed by atoms with Crippen LogP contribution in [0, 0.1) is 0 Å². The summed E-state index contributed by atoms with van der Waals surface area (Å²) < 4.78 is 1.87. The second-order valence-electron chi connectivity index (χ2n) is 4.80. The summed E-state index contributed by atoms with van der Waals surface area (Å²) in [7, 11) is 0. The van der Waals surface area contributed by atoms with Crippen LogP contribution in [0.3, 0.4) is 0 Å². The molecular formula is C12H17N7O. The lowest BCUT2D eigenvalue weighted by Crippen LogP contribution is -2.32. The van der Waals surface area contributed by atoms with Crippen LogP contribution in [0.4, 0.5) is 0 Å². The van der Waals surface area contributed by atoms with Gasteiger partial charge in [-0.1, -0.05) is 0 Å². The zero-order valence-corrected chi connectivity index (χ0v) is 11.0. The van der Waals surface area contributed by atoms with Gasteiger partial charge in [-0.15, -0.1) is 0 Å². The number of rotatable bonds is 4. The molecule has 8 nitrogen and oxygen atoms in total. The van der Waals surface area contributed by atoms with Crippen LogP contribution in [0.25, 0.3) is 0 Å². The average molecular weight is 275 g/mol. The predicted molar refractivity (Wildman–Crippen MR) is 70.9 cm³/mol. The van der Waals surface area contributed by atoms with Crippen molar-refractivity contribution in [2.75, 3.05) is 13.1 Å². The number of nitrogens with zero attached hydrogens (tertiary/aromatic N) is 4. The van der Waals surface area contributed by atoms with Gasteiger partial charge in [-0.3, -0.25) is 14.6 Å². The molecule has 8 heteroatoms. The lowest BCUT2D eigenvalue weighted by molar-refractivity contribution is 0.0943. The van der Waals surface area contributed by atoms with Gasteiger partial charge in [0.05, 0.1) is 12.6 Å². The van der Waals surface area contributed by atoms with Gasteiger partial charge in [0.25, 0.3) is 5.91 Å². The molecule has 106 valence electrons. The van der Waals surface area contributed by atoms with Crippen LogP contribution in [-0.4, -0.2) is 44.0 Å². The number of hydrogen-bond acceptors (Lipinski definition) is 5. The Hall–Kier alpha value is -2.22. The van der Waals surface area contributed by atoms with E-state index in [0.717, 1.165) is 25.9 Å². The Morgan fingerprint density at radius 2 is 2.50 bits per heavy atom. The summed E-state index contributed by atoms with van der Waals surface area (Å²) in [4.78, 5) is 15.9. The summed E-state index contributed by atoms with van der Waals surface area (Å²) in [5.74, 6) is 0.415. The summed E-state index contributed by atoms with van der Waals surface area (Å²) in [6.07, 6.45) is 5.50. The maximum absolute atomic E-state index is 12.0. The molecule has 0 radical (unpaired) electrons. The van der Waals surface area contributed by atoms with Gasteiger partial charge in [-0.2, -0.15) is 10.2 Å². The third-order valence-corrected chi connectivity index (χ3v) is 3.37. The molecule has 3 heterocycles. The molecule has 1 saturated heterocycles. The van der Waals surface area contributed by atoms with Gasteiger partial charge < -0.3 is 10.6 Å². The van der Waals surface area contributed by atoms with Crippen molar-refractivity contribution in [2.45, 2.75) is 25.4 Å². The van der Waals surface area contributed by atoms with E-state index in [1.54, 1.807) is 6.07 Å². The molecule has 3 rings (SSSR count).